The van der Waals surface area contributed by atoms with E-state index >= 15 is 0 Å². The molecule has 2 amide bonds. The summed E-state index contributed by atoms with van der Waals surface area (Å²) in [5.41, 5.74) is 0. The minimum absolute atomic E-state index is 0.0795. The molecule has 0 aromatic carbocycles. The number of amides is 2. The lowest BCUT2D eigenvalue weighted by molar-refractivity contribution is -0.146. The fourth-order valence-electron chi connectivity index (χ4n) is 2.16. The Morgan fingerprint density at radius 1 is 1.37 bits per heavy atom. The Labute approximate surface area is 109 Å². The van der Waals surface area contributed by atoms with E-state index in [0.717, 1.165) is 0 Å². The summed E-state index contributed by atoms with van der Waals surface area (Å²) in [5.74, 6) is -0.978. The third-order valence-electron chi connectivity index (χ3n) is 3.20. The van der Waals surface area contributed by atoms with Crippen molar-refractivity contribution in [1.29, 1.82) is 0 Å². The number of esters is 1. The van der Waals surface area contributed by atoms with E-state index in [1.54, 1.807) is 5.32 Å². The molecule has 0 aliphatic carbocycles. The molecule has 19 heavy (non-hydrogen) atoms. The number of hydrogen-bond acceptors (Lipinski definition) is 3. The first kappa shape index (κ1) is 15.6. The number of carbonyl (C=O) groups is 2. The molecule has 1 saturated heterocycles. The molecule has 0 radical (unpaired) electrons. The summed E-state index contributed by atoms with van der Waals surface area (Å²) in [6, 6.07) is -0.804. The number of likely N-dealkylation sites (tertiary alicyclic amines) is 1. The number of nitrogens with zero attached hydrogens (tertiary/aromatic N) is 1. The minimum atomic E-state index is -4.44. The number of methoxy groups -OCH3 is 1. The van der Waals surface area contributed by atoms with E-state index in [1.807, 2.05) is 6.92 Å². The van der Waals surface area contributed by atoms with Crippen LogP contribution in [0.3, 0.4) is 0 Å². The van der Waals surface area contributed by atoms with Crippen LogP contribution in [0.1, 0.15) is 13.3 Å². The first-order valence-corrected chi connectivity index (χ1v) is 5.95. The maximum absolute atomic E-state index is 12.0. The van der Waals surface area contributed by atoms with Crippen molar-refractivity contribution in [2.45, 2.75) is 19.5 Å². The average molecular weight is 282 g/mol. The maximum atomic E-state index is 12.0. The van der Waals surface area contributed by atoms with Crippen LogP contribution in [-0.4, -0.2) is 49.8 Å². The average Bonchev–Trinajstić information content (AvgIpc) is 2.78. The van der Waals surface area contributed by atoms with Gasteiger partial charge in [0.1, 0.15) is 6.54 Å². The fourth-order valence-corrected chi connectivity index (χ4v) is 2.16. The van der Waals surface area contributed by atoms with E-state index in [-0.39, 0.29) is 19.0 Å². The molecule has 2 atom stereocenters. The van der Waals surface area contributed by atoms with Crippen molar-refractivity contribution in [1.82, 2.24) is 10.2 Å². The van der Waals surface area contributed by atoms with Crippen molar-refractivity contribution >= 4 is 12.0 Å². The van der Waals surface area contributed by atoms with Gasteiger partial charge in [-0.2, -0.15) is 13.2 Å². The van der Waals surface area contributed by atoms with Crippen LogP contribution in [0, 0.1) is 11.8 Å². The summed E-state index contributed by atoms with van der Waals surface area (Å²) in [5, 5.41) is 1.80. The largest absolute Gasteiger partial charge is 0.469 e. The van der Waals surface area contributed by atoms with Crippen molar-refractivity contribution in [3.8, 4) is 0 Å². The first-order valence-electron chi connectivity index (χ1n) is 5.95. The van der Waals surface area contributed by atoms with Gasteiger partial charge in [0.15, 0.2) is 0 Å². The van der Waals surface area contributed by atoms with Crippen LogP contribution in [0.15, 0.2) is 0 Å². The number of ether oxygens (including phenoxy) is 1. The molecule has 110 valence electrons. The number of hydrogen-bond donors (Lipinski definition) is 1. The fraction of sp³-hybridized carbons (Fsp3) is 0.818. The quantitative estimate of drug-likeness (QED) is 0.796. The summed E-state index contributed by atoms with van der Waals surface area (Å²) >= 11 is 0. The van der Waals surface area contributed by atoms with Crippen molar-refractivity contribution in [3.63, 3.8) is 0 Å². The van der Waals surface area contributed by atoms with E-state index in [1.165, 1.54) is 12.0 Å². The van der Waals surface area contributed by atoms with Gasteiger partial charge >= 0.3 is 18.2 Å². The van der Waals surface area contributed by atoms with Crippen molar-refractivity contribution in [2.24, 2.45) is 11.8 Å². The Hall–Kier alpha value is -1.47. The van der Waals surface area contributed by atoms with Gasteiger partial charge in [0.25, 0.3) is 0 Å². The summed E-state index contributed by atoms with van der Waals surface area (Å²) in [6.07, 6.45) is -3.79. The second-order valence-corrected chi connectivity index (χ2v) is 4.48. The van der Waals surface area contributed by atoms with Crippen molar-refractivity contribution in [3.05, 3.63) is 0 Å². The van der Waals surface area contributed by atoms with E-state index in [2.05, 4.69) is 4.74 Å². The van der Waals surface area contributed by atoms with Gasteiger partial charge in [0, 0.05) is 13.1 Å². The van der Waals surface area contributed by atoms with Gasteiger partial charge in [0.2, 0.25) is 0 Å². The van der Waals surface area contributed by atoms with Crippen molar-refractivity contribution in [2.75, 3.05) is 26.7 Å². The topological polar surface area (TPSA) is 58.6 Å². The molecule has 1 aliphatic heterocycles. The highest BCUT2D eigenvalue weighted by Gasteiger charge is 2.40. The molecule has 0 aromatic rings. The highest BCUT2D eigenvalue weighted by atomic mass is 19.4. The predicted molar refractivity (Wildman–Crippen MR) is 60.3 cm³/mol. The van der Waals surface area contributed by atoms with Crippen LogP contribution >= 0.6 is 0 Å². The van der Waals surface area contributed by atoms with Crippen LogP contribution in [0.2, 0.25) is 0 Å². The SMILES string of the molecule is CC[C@@H]1CN(C(=O)NCC(F)(F)F)C[C@@H]1C(=O)OC. The summed E-state index contributed by atoms with van der Waals surface area (Å²) in [4.78, 5) is 24.3. The zero-order valence-electron chi connectivity index (χ0n) is 10.8. The van der Waals surface area contributed by atoms with Crippen LogP contribution < -0.4 is 5.32 Å². The predicted octanol–water partition coefficient (Wildman–Crippen LogP) is 1.39. The molecule has 1 heterocycles. The highest BCUT2D eigenvalue weighted by Crippen LogP contribution is 2.27. The van der Waals surface area contributed by atoms with Gasteiger partial charge < -0.3 is 15.0 Å². The Balaban J connectivity index is 2.57. The number of rotatable bonds is 3. The smallest absolute Gasteiger partial charge is 0.405 e. The van der Waals surface area contributed by atoms with E-state index in [4.69, 9.17) is 0 Å². The Kier molecular flexibility index (Phi) is 5.02. The van der Waals surface area contributed by atoms with E-state index in [9.17, 15) is 22.8 Å². The third-order valence-corrected chi connectivity index (χ3v) is 3.20. The molecule has 0 saturated carbocycles. The molecule has 1 aliphatic rings. The maximum Gasteiger partial charge on any atom is 0.405 e. The second-order valence-electron chi connectivity index (χ2n) is 4.48. The summed E-state index contributed by atoms with van der Waals surface area (Å²) < 4.78 is 40.6. The van der Waals surface area contributed by atoms with Gasteiger partial charge in [0.05, 0.1) is 13.0 Å². The monoisotopic (exact) mass is 282 g/mol. The number of nitrogens with one attached hydrogen (secondary N) is 1. The lowest BCUT2D eigenvalue weighted by atomic mass is 9.94. The minimum Gasteiger partial charge on any atom is -0.469 e. The molecule has 0 unspecified atom stereocenters. The molecule has 1 N–H and O–H groups in total. The number of alkyl halides is 3. The number of urea groups is 1. The number of halogens is 3. The van der Waals surface area contributed by atoms with Crippen molar-refractivity contribution < 1.29 is 27.5 Å². The van der Waals surface area contributed by atoms with Gasteiger partial charge in [-0.1, -0.05) is 13.3 Å². The molecule has 1 rings (SSSR count). The lowest BCUT2D eigenvalue weighted by Gasteiger charge is -2.17. The molecule has 0 aromatic heterocycles. The summed E-state index contributed by atoms with van der Waals surface area (Å²) in [7, 11) is 1.25. The van der Waals surface area contributed by atoms with Crippen LogP contribution in [0.4, 0.5) is 18.0 Å². The second kappa shape index (κ2) is 6.12. The van der Waals surface area contributed by atoms with E-state index in [0.29, 0.717) is 6.42 Å². The molecular weight excluding hydrogens is 265 g/mol. The first-order chi connectivity index (χ1) is 8.78. The standard InChI is InChI=1S/C11H17F3N2O3/c1-3-7-4-16(5-8(7)9(17)19-2)10(18)15-6-11(12,13)14/h7-8H,3-6H2,1-2H3,(H,15,18)/t7-,8+/m1/s1. The molecule has 8 heteroatoms. The molecule has 5 nitrogen and oxygen atoms in total. The third kappa shape index (κ3) is 4.29. The molecular formula is C11H17F3N2O3. The lowest BCUT2D eigenvalue weighted by Crippen LogP contribution is -2.43. The van der Waals surface area contributed by atoms with Crippen LogP contribution in [0.25, 0.3) is 0 Å². The van der Waals surface area contributed by atoms with Crippen LogP contribution in [-0.2, 0) is 9.53 Å². The van der Waals surface area contributed by atoms with Gasteiger partial charge in [-0.3, -0.25) is 4.79 Å². The van der Waals surface area contributed by atoms with Crippen LogP contribution in [0.5, 0.6) is 0 Å². The Morgan fingerprint density at radius 2 is 2.00 bits per heavy atom. The summed E-state index contributed by atoms with van der Waals surface area (Å²) in [6.45, 7) is 0.842. The van der Waals surface area contributed by atoms with Gasteiger partial charge in [-0.05, 0) is 5.92 Å². The molecule has 1 fully saturated rings. The zero-order valence-corrected chi connectivity index (χ0v) is 10.8. The Morgan fingerprint density at radius 3 is 2.47 bits per heavy atom. The molecule has 0 spiro atoms. The normalized spacial score (nSPS) is 23.3. The molecule has 0 bridgehead atoms. The number of carbonyl (C=O) groups excluding carboxylic acids is 2. The van der Waals surface area contributed by atoms with E-state index < -0.39 is 30.6 Å². The van der Waals surface area contributed by atoms with Gasteiger partial charge in [-0.15, -0.1) is 0 Å². The van der Waals surface area contributed by atoms with Gasteiger partial charge in [-0.25, -0.2) is 4.79 Å². The Bertz CT molecular complexity index is 347. The highest BCUT2D eigenvalue weighted by molar-refractivity contribution is 5.78. The zero-order chi connectivity index (χ0) is 14.6.